The lowest BCUT2D eigenvalue weighted by Gasteiger charge is -2.29. The smallest absolute Gasteiger partial charge is 0.206 e. The highest BCUT2D eigenvalue weighted by Gasteiger charge is 2.38. The van der Waals surface area contributed by atoms with Crippen LogP contribution in [0.1, 0.15) is 75.3 Å². The standard InChI is InChI=1S/C20H25F5/c1-2-3-4-5-6-7-14-8-10-15(11-9-14)16-12-17(21)19(18(22)13-16)20(23,24)25/h2-3,12-15H,4-11H2,1H3. The molecular formula is C20H25F5. The summed E-state index contributed by atoms with van der Waals surface area (Å²) in [5.41, 5.74) is -1.43. The van der Waals surface area contributed by atoms with Gasteiger partial charge in [0.2, 0.25) is 0 Å². The third-order valence-corrected chi connectivity index (χ3v) is 5.13. The van der Waals surface area contributed by atoms with Gasteiger partial charge in [0.15, 0.2) is 0 Å². The normalized spacial score (nSPS) is 21.8. The van der Waals surface area contributed by atoms with Crippen LogP contribution in [0.25, 0.3) is 0 Å². The molecule has 0 saturated heterocycles. The van der Waals surface area contributed by atoms with Crippen LogP contribution in [0.4, 0.5) is 22.0 Å². The van der Waals surface area contributed by atoms with E-state index in [-0.39, 0.29) is 5.92 Å². The van der Waals surface area contributed by atoms with Gasteiger partial charge in [-0.15, -0.1) is 0 Å². The molecule has 5 heteroatoms. The first-order chi connectivity index (χ1) is 11.8. The quantitative estimate of drug-likeness (QED) is 0.282. The molecule has 1 aromatic carbocycles. The van der Waals surface area contributed by atoms with Crippen molar-refractivity contribution in [1.29, 1.82) is 0 Å². The van der Waals surface area contributed by atoms with Gasteiger partial charge in [0.05, 0.1) is 0 Å². The molecule has 0 aromatic heterocycles. The van der Waals surface area contributed by atoms with E-state index in [1.807, 2.05) is 13.0 Å². The van der Waals surface area contributed by atoms with Gasteiger partial charge in [-0.25, -0.2) is 8.78 Å². The summed E-state index contributed by atoms with van der Waals surface area (Å²) in [6, 6.07) is 1.74. The van der Waals surface area contributed by atoms with Crippen molar-refractivity contribution in [3.63, 3.8) is 0 Å². The number of unbranched alkanes of at least 4 members (excludes halogenated alkanes) is 2. The lowest BCUT2D eigenvalue weighted by molar-refractivity contribution is -0.142. The Morgan fingerprint density at radius 1 is 1.00 bits per heavy atom. The third kappa shape index (κ3) is 5.55. The second kappa shape index (κ2) is 8.81. The van der Waals surface area contributed by atoms with E-state index in [1.165, 1.54) is 12.8 Å². The Bertz CT molecular complexity index is 557. The van der Waals surface area contributed by atoms with Crippen LogP contribution in [0.3, 0.4) is 0 Å². The average Bonchev–Trinajstić information content (AvgIpc) is 2.53. The minimum atomic E-state index is -5.00. The van der Waals surface area contributed by atoms with Gasteiger partial charge in [0.1, 0.15) is 17.2 Å². The maximum Gasteiger partial charge on any atom is 0.422 e. The summed E-state index contributed by atoms with van der Waals surface area (Å²) in [4.78, 5) is 0. The maximum absolute atomic E-state index is 13.7. The number of halogens is 5. The number of hydrogen-bond donors (Lipinski definition) is 0. The van der Waals surface area contributed by atoms with E-state index in [4.69, 9.17) is 0 Å². The summed E-state index contributed by atoms with van der Waals surface area (Å²) in [6.45, 7) is 2.01. The predicted octanol–water partition coefficient (Wildman–Crippen LogP) is 7.39. The highest BCUT2D eigenvalue weighted by Crippen LogP contribution is 2.40. The minimum Gasteiger partial charge on any atom is -0.206 e. The van der Waals surface area contributed by atoms with Crippen LogP contribution in [0.2, 0.25) is 0 Å². The molecule has 0 nitrogen and oxygen atoms in total. The van der Waals surface area contributed by atoms with E-state index in [9.17, 15) is 22.0 Å². The SMILES string of the molecule is CC=CCCCCC1CCC(c2cc(F)c(C(F)(F)F)c(F)c2)CC1. The van der Waals surface area contributed by atoms with Crippen molar-refractivity contribution in [2.45, 2.75) is 70.4 Å². The molecule has 1 aromatic rings. The number of rotatable bonds is 6. The van der Waals surface area contributed by atoms with Crippen LogP contribution in [-0.4, -0.2) is 0 Å². The fourth-order valence-corrected chi connectivity index (χ4v) is 3.75. The van der Waals surface area contributed by atoms with E-state index >= 15 is 0 Å². The van der Waals surface area contributed by atoms with Gasteiger partial charge in [-0.05, 0) is 75.0 Å². The van der Waals surface area contributed by atoms with Gasteiger partial charge in [-0.1, -0.05) is 25.0 Å². The molecule has 0 bridgehead atoms. The van der Waals surface area contributed by atoms with Gasteiger partial charge in [-0.3, -0.25) is 0 Å². The number of hydrogen-bond acceptors (Lipinski definition) is 0. The lowest BCUT2D eigenvalue weighted by atomic mass is 9.77. The Morgan fingerprint density at radius 3 is 2.12 bits per heavy atom. The van der Waals surface area contributed by atoms with Gasteiger partial charge >= 0.3 is 6.18 Å². The molecule has 1 aliphatic carbocycles. The Morgan fingerprint density at radius 2 is 1.60 bits per heavy atom. The lowest BCUT2D eigenvalue weighted by Crippen LogP contribution is -2.16. The van der Waals surface area contributed by atoms with E-state index in [2.05, 4.69) is 6.08 Å². The molecular weight excluding hydrogens is 335 g/mol. The molecule has 1 fully saturated rings. The zero-order valence-corrected chi connectivity index (χ0v) is 14.5. The average molecular weight is 360 g/mol. The monoisotopic (exact) mass is 360 g/mol. The van der Waals surface area contributed by atoms with Crippen LogP contribution >= 0.6 is 0 Å². The second-order valence-corrected chi connectivity index (χ2v) is 6.93. The summed E-state index contributed by atoms with van der Waals surface area (Å²) >= 11 is 0. The molecule has 0 atom stereocenters. The first-order valence-corrected chi connectivity index (χ1v) is 9.00. The zero-order valence-electron chi connectivity index (χ0n) is 14.5. The van der Waals surface area contributed by atoms with Gasteiger partial charge < -0.3 is 0 Å². The van der Waals surface area contributed by atoms with Gasteiger partial charge in [0.25, 0.3) is 0 Å². The van der Waals surface area contributed by atoms with Crippen LogP contribution in [0, 0.1) is 17.6 Å². The molecule has 0 unspecified atom stereocenters. The Hall–Kier alpha value is -1.39. The fraction of sp³-hybridized carbons (Fsp3) is 0.600. The zero-order chi connectivity index (χ0) is 18.4. The second-order valence-electron chi connectivity index (χ2n) is 6.93. The van der Waals surface area contributed by atoms with Crippen molar-refractivity contribution in [3.8, 4) is 0 Å². The topological polar surface area (TPSA) is 0 Å². The molecule has 25 heavy (non-hydrogen) atoms. The Balaban J connectivity index is 1.90. The molecule has 1 saturated carbocycles. The molecule has 2 rings (SSSR count). The Kier molecular flexibility index (Phi) is 7.03. The summed E-state index contributed by atoms with van der Waals surface area (Å²) in [5, 5.41) is 0. The molecule has 0 heterocycles. The van der Waals surface area contributed by atoms with Crippen LogP contribution in [0.15, 0.2) is 24.3 Å². The number of alkyl halides is 3. The molecule has 0 spiro atoms. The highest BCUT2D eigenvalue weighted by molar-refractivity contribution is 5.30. The molecule has 0 N–H and O–H groups in total. The number of benzene rings is 1. The molecule has 140 valence electrons. The first kappa shape index (κ1) is 19.9. The first-order valence-electron chi connectivity index (χ1n) is 9.00. The molecule has 1 aliphatic rings. The van der Waals surface area contributed by atoms with Crippen molar-refractivity contribution in [2.24, 2.45) is 5.92 Å². The van der Waals surface area contributed by atoms with Gasteiger partial charge in [-0.2, -0.15) is 13.2 Å². The van der Waals surface area contributed by atoms with E-state index < -0.39 is 23.4 Å². The molecule has 0 radical (unpaired) electrons. The highest BCUT2D eigenvalue weighted by atomic mass is 19.4. The van der Waals surface area contributed by atoms with Crippen molar-refractivity contribution in [2.75, 3.05) is 0 Å². The third-order valence-electron chi connectivity index (χ3n) is 5.13. The van der Waals surface area contributed by atoms with Crippen molar-refractivity contribution in [3.05, 3.63) is 47.0 Å². The van der Waals surface area contributed by atoms with Crippen molar-refractivity contribution < 1.29 is 22.0 Å². The van der Waals surface area contributed by atoms with Gasteiger partial charge in [0, 0.05) is 0 Å². The summed E-state index contributed by atoms with van der Waals surface area (Å²) in [5.74, 6) is -2.45. The summed E-state index contributed by atoms with van der Waals surface area (Å²) in [6.07, 6.45) is 7.29. The summed E-state index contributed by atoms with van der Waals surface area (Å²) in [7, 11) is 0. The number of allylic oxidation sites excluding steroid dienone is 2. The minimum absolute atomic E-state index is 0.0504. The Labute approximate surface area is 146 Å². The van der Waals surface area contributed by atoms with E-state index in [0.29, 0.717) is 11.5 Å². The van der Waals surface area contributed by atoms with E-state index in [0.717, 1.165) is 50.7 Å². The van der Waals surface area contributed by atoms with Crippen LogP contribution in [0.5, 0.6) is 0 Å². The van der Waals surface area contributed by atoms with Crippen LogP contribution < -0.4 is 0 Å². The van der Waals surface area contributed by atoms with E-state index in [1.54, 1.807) is 0 Å². The van der Waals surface area contributed by atoms with Crippen molar-refractivity contribution >= 4 is 0 Å². The summed E-state index contributed by atoms with van der Waals surface area (Å²) < 4.78 is 65.4. The molecule has 0 amide bonds. The molecule has 0 aliphatic heterocycles. The van der Waals surface area contributed by atoms with Crippen LogP contribution in [-0.2, 0) is 6.18 Å². The maximum atomic E-state index is 13.7. The van der Waals surface area contributed by atoms with Crippen molar-refractivity contribution in [1.82, 2.24) is 0 Å². The largest absolute Gasteiger partial charge is 0.422 e. The predicted molar refractivity (Wildman–Crippen MR) is 89.3 cm³/mol. The fourth-order valence-electron chi connectivity index (χ4n) is 3.75.